The van der Waals surface area contributed by atoms with E-state index >= 15 is 0 Å². The van der Waals surface area contributed by atoms with Crippen molar-refractivity contribution >= 4 is 12.2 Å². The molecule has 0 bridgehead atoms. The van der Waals surface area contributed by atoms with Gasteiger partial charge >= 0.3 is 12.2 Å². The van der Waals surface area contributed by atoms with Crippen molar-refractivity contribution in [3.8, 4) is 33.6 Å². The highest BCUT2D eigenvalue weighted by molar-refractivity contribution is 5.72. The van der Waals surface area contributed by atoms with E-state index in [0.29, 0.717) is 13.1 Å². The zero-order valence-electron chi connectivity index (χ0n) is 35.4. The number of nitrogens with zero attached hydrogens (tertiary/aromatic N) is 4. The number of ether oxygens (including phenoxy) is 2. The summed E-state index contributed by atoms with van der Waals surface area (Å²) < 4.78 is 11.7. The van der Waals surface area contributed by atoms with Crippen LogP contribution < -0.4 is 0 Å². The molecule has 2 atom stereocenters. The van der Waals surface area contributed by atoms with Crippen LogP contribution in [0.25, 0.3) is 33.6 Å². The lowest BCUT2D eigenvalue weighted by molar-refractivity contribution is 0.00617. The van der Waals surface area contributed by atoms with E-state index in [0.717, 1.165) is 71.0 Å². The summed E-state index contributed by atoms with van der Waals surface area (Å²) in [5.74, 6) is 1.48. The third-order valence-corrected chi connectivity index (χ3v) is 11.6. The van der Waals surface area contributed by atoms with Crippen molar-refractivity contribution in [3.05, 3.63) is 72.6 Å². The molecule has 2 aliphatic carbocycles. The molecule has 6 rings (SSSR count). The number of benzene rings is 2. The van der Waals surface area contributed by atoms with Crippen LogP contribution in [-0.2, 0) is 9.47 Å². The number of hydrogen-bond donors (Lipinski definition) is 2. The second-order valence-electron chi connectivity index (χ2n) is 19.1. The Morgan fingerprint density at radius 3 is 1.21 bits per heavy atom. The molecule has 2 fully saturated rings. The minimum Gasteiger partial charge on any atom is -0.444 e. The molecule has 2 unspecified atom stereocenters. The number of imidazole rings is 2. The van der Waals surface area contributed by atoms with E-state index in [1.54, 1.807) is 0 Å². The Kier molecular flexibility index (Phi) is 11.8. The van der Waals surface area contributed by atoms with Gasteiger partial charge in [0.2, 0.25) is 0 Å². The van der Waals surface area contributed by atoms with Crippen LogP contribution in [0.2, 0.25) is 0 Å². The predicted molar refractivity (Wildman–Crippen MR) is 223 cm³/mol. The normalized spacial score (nSPS) is 17.7. The minimum atomic E-state index is -0.580. The lowest BCUT2D eigenvalue weighted by atomic mass is 9.88. The number of nitrogens with one attached hydrogen (secondary N) is 2. The van der Waals surface area contributed by atoms with Gasteiger partial charge in [-0.05, 0) is 114 Å². The number of amides is 2. The standard InChI is InChI=1S/C46H64N6O4/c1-31(51(41(53)55-43(3,4)5)29-45(9)23-11-12-24-45)39-47-27-37(49-39)35-19-15-33(16-20-35)34-17-21-36(22-18-34)38-28-48-40(50-38)32(2)52(42(54)56-44(6,7)8)30-46(10)25-13-14-26-46/h15-22,27-28,31-32H,11-14,23-26,29-30H2,1-10H3,(H,47,49)(H,48,50). The predicted octanol–water partition coefficient (Wildman–Crippen LogP) is 11.9. The number of aromatic nitrogens is 4. The summed E-state index contributed by atoms with van der Waals surface area (Å²) in [7, 11) is 0. The van der Waals surface area contributed by atoms with Crippen LogP contribution in [0.15, 0.2) is 60.9 Å². The third kappa shape index (κ3) is 10.0. The molecule has 0 spiro atoms. The first kappa shape index (κ1) is 41.0. The maximum Gasteiger partial charge on any atom is 0.410 e. The quantitative estimate of drug-likeness (QED) is 0.157. The molecule has 2 aromatic carbocycles. The zero-order chi connectivity index (χ0) is 40.5. The largest absolute Gasteiger partial charge is 0.444 e. The van der Waals surface area contributed by atoms with Gasteiger partial charge in [-0.15, -0.1) is 0 Å². The molecule has 10 nitrogen and oxygen atoms in total. The molecule has 302 valence electrons. The van der Waals surface area contributed by atoms with Gasteiger partial charge in [0.25, 0.3) is 0 Å². The summed E-state index contributed by atoms with van der Waals surface area (Å²) in [6.45, 7) is 21.3. The Hall–Kier alpha value is -4.60. The van der Waals surface area contributed by atoms with Gasteiger partial charge in [-0.1, -0.05) is 88.1 Å². The molecule has 56 heavy (non-hydrogen) atoms. The van der Waals surface area contributed by atoms with E-state index in [1.165, 1.54) is 25.7 Å². The summed E-state index contributed by atoms with van der Waals surface area (Å²) in [4.78, 5) is 47.1. The molecular weight excluding hydrogens is 701 g/mol. The number of hydrogen-bond acceptors (Lipinski definition) is 6. The highest BCUT2D eigenvalue weighted by atomic mass is 16.6. The average molecular weight is 765 g/mol. The van der Waals surface area contributed by atoms with Crippen molar-refractivity contribution in [1.29, 1.82) is 0 Å². The fourth-order valence-electron chi connectivity index (χ4n) is 8.33. The van der Waals surface area contributed by atoms with Gasteiger partial charge < -0.3 is 19.4 Å². The molecule has 4 aromatic rings. The van der Waals surface area contributed by atoms with Gasteiger partial charge in [-0.3, -0.25) is 9.80 Å². The van der Waals surface area contributed by atoms with E-state index in [1.807, 2.05) is 77.6 Å². The van der Waals surface area contributed by atoms with E-state index in [4.69, 9.17) is 19.4 Å². The van der Waals surface area contributed by atoms with E-state index in [-0.39, 0.29) is 35.1 Å². The van der Waals surface area contributed by atoms with Crippen LogP contribution in [0.5, 0.6) is 0 Å². The van der Waals surface area contributed by atoms with Crippen molar-refractivity contribution in [2.45, 2.75) is 144 Å². The van der Waals surface area contributed by atoms with E-state index in [2.05, 4.69) is 72.3 Å². The second-order valence-corrected chi connectivity index (χ2v) is 19.1. The zero-order valence-corrected chi connectivity index (χ0v) is 35.4. The smallest absolute Gasteiger partial charge is 0.410 e. The molecule has 2 aliphatic rings. The van der Waals surface area contributed by atoms with Crippen molar-refractivity contribution in [1.82, 2.24) is 29.7 Å². The first-order valence-corrected chi connectivity index (χ1v) is 20.6. The summed E-state index contributed by atoms with van der Waals surface area (Å²) in [6.07, 6.45) is 12.3. The summed E-state index contributed by atoms with van der Waals surface area (Å²) in [5.41, 5.74) is 5.02. The maximum atomic E-state index is 13.5. The topological polar surface area (TPSA) is 116 Å². The highest BCUT2D eigenvalue weighted by Gasteiger charge is 2.38. The fourth-order valence-corrected chi connectivity index (χ4v) is 8.33. The molecule has 10 heteroatoms. The molecule has 0 radical (unpaired) electrons. The van der Waals surface area contributed by atoms with Gasteiger partial charge in [0.05, 0.1) is 35.9 Å². The van der Waals surface area contributed by atoms with Crippen LogP contribution in [-0.4, -0.2) is 66.2 Å². The monoisotopic (exact) mass is 764 g/mol. The minimum absolute atomic E-state index is 0.0760. The van der Waals surface area contributed by atoms with Crippen LogP contribution >= 0.6 is 0 Å². The van der Waals surface area contributed by atoms with Crippen molar-refractivity contribution in [3.63, 3.8) is 0 Å². The summed E-state index contributed by atoms with van der Waals surface area (Å²) >= 11 is 0. The lowest BCUT2D eigenvalue weighted by Gasteiger charge is -2.36. The maximum absolute atomic E-state index is 13.5. The Labute approximate surface area is 334 Å². The Bertz CT molecular complexity index is 1790. The van der Waals surface area contributed by atoms with Gasteiger partial charge in [-0.2, -0.15) is 0 Å². The first-order chi connectivity index (χ1) is 26.3. The van der Waals surface area contributed by atoms with Crippen LogP contribution in [0.4, 0.5) is 9.59 Å². The number of aromatic amines is 2. The molecular formula is C46H64N6O4. The van der Waals surface area contributed by atoms with Crippen molar-refractivity contribution in [2.75, 3.05) is 13.1 Å². The van der Waals surface area contributed by atoms with Gasteiger partial charge in [0, 0.05) is 13.1 Å². The molecule has 2 saturated carbocycles. The molecule has 2 N–H and O–H groups in total. The molecule has 0 saturated heterocycles. The molecule has 2 heterocycles. The van der Waals surface area contributed by atoms with Gasteiger partial charge in [0.1, 0.15) is 22.9 Å². The Balaban J connectivity index is 1.13. The lowest BCUT2D eigenvalue weighted by Crippen LogP contribution is -2.43. The average Bonchev–Trinajstić information content (AvgIpc) is 3.97. The van der Waals surface area contributed by atoms with Crippen LogP contribution in [0.3, 0.4) is 0 Å². The summed E-state index contributed by atoms with van der Waals surface area (Å²) in [5, 5.41) is 0. The highest BCUT2D eigenvalue weighted by Crippen LogP contribution is 2.41. The molecule has 0 aliphatic heterocycles. The molecule has 2 aromatic heterocycles. The Morgan fingerprint density at radius 1 is 0.607 bits per heavy atom. The van der Waals surface area contributed by atoms with Crippen LogP contribution in [0, 0.1) is 10.8 Å². The van der Waals surface area contributed by atoms with Gasteiger partial charge in [0.15, 0.2) is 0 Å². The number of H-pyrrole nitrogens is 2. The Morgan fingerprint density at radius 2 is 0.911 bits per heavy atom. The van der Waals surface area contributed by atoms with E-state index in [9.17, 15) is 9.59 Å². The fraction of sp³-hybridized carbons (Fsp3) is 0.565. The SMILES string of the molecule is CC(c1ncc(-c2ccc(-c3ccc(-c4cnc(C(C)N(CC5(C)CCCC5)C(=O)OC(C)(C)C)[nH]4)cc3)cc2)[nH]1)N(CC1(C)CCCC1)C(=O)OC(C)(C)C. The van der Waals surface area contributed by atoms with Crippen molar-refractivity contribution < 1.29 is 19.1 Å². The third-order valence-electron chi connectivity index (χ3n) is 11.6. The second kappa shape index (κ2) is 16.1. The number of carbonyl (C=O) groups excluding carboxylic acids is 2. The van der Waals surface area contributed by atoms with Crippen molar-refractivity contribution in [2.24, 2.45) is 10.8 Å². The van der Waals surface area contributed by atoms with E-state index < -0.39 is 11.2 Å². The number of carbonyl (C=O) groups is 2. The first-order valence-electron chi connectivity index (χ1n) is 20.6. The number of rotatable bonds is 11. The summed E-state index contributed by atoms with van der Waals surface area (Å²) in [6, 6.07) is 16.3. The van der Waals surface area contributed by atoms with Gasteiger partial charge in [-0.25, -0.2) is 19.6 Å². The van der Waals surface area contributed by atoms with Crippen LogP contribution in [0.1, 0.15) is 144 Å². The molecule has 2 amide bonds.